The third kappa shape index (κ3) is 3.72. The lowest BCUT2D eigenvalue weighted by Gasteiger charge is -2.14. The van der Waals surface area contributed by atoms with Crippen LogP contribution in [0.4, 0.5) is 0 Å². The molecule has 1 atom stereocenters. The molecule has 1 amide bonds. The van der Waals surface area contributed by atoms with E-state index in [9.17, 15) is 9.59 Å². The van der Waals surface area contributed by atoms with E-state index in [1.54, 1.807) is 15.9 Å². The van der Waals surface area contributed by atoms with E-state index in [2.05, 4.69) is 10.3 Å². The number of aryl methyl sites for hydroxylation is 2. The number of nitrogens with one attached hydrogen (secondary N) is 1. The second-order valence-corrected chi connectivity index (χ2v) is 9.51. The number of carbonyl (C=O) groups excluding carboxylic acids is 1. The molecule has 3 aromatic rings. The summed E-state index contributed by atoms with van der Waals surface area (Å²) < 4.78 is 1.66. The van der Waals surface area contributed by atoms with E-state index in [1.165, 1.54) is 23.1 Å². The third-order valence-corrected chi connectivity index (χ3v) is 7.31. The number of hydrogen-bond acceptors (Lipinski definition) is 6. The SMILES string of the molecule is CCn1c(SC(C)C(=O)NCc2cccs2)nc2sc(C)c(C)c2c1=O. The smallest absolute Gasteiger partial charge is 0.263 e. The normalized spacial score (nSPS) is 12.5. The van der Waals surface area contributed by atoms with Crippen LogP contribution in [0.25, 0.3) is 10.2 Å². The van der Waals surface area contributed by atoms with Crippen molar-refractivity contribution in [3.05, 3.63) is 43.2 Å². The summed E-state index contributed by atoms with van der Waals surface area (Å²) in [6, 6.07) is 3.96. The van der Waals surface area contributed by atoms with Gasteiger partial charge in [-0.05, 0) is 44.7 Å². The largest absolute Gasteiger partial charge is 0.350 e. The minimum atomic E-state index is -0.334. The second-order valence-electron chi connectivity index (χ2n) is 5.96. The van der Waals surface area contributed by atoms with Crippen LogP contribution in [0.5, 0.6) is 0 Å². The van der Waals surface area contributed by atoms with Gasteiger partial charge in [0.1, 0.15) is 4.83 Å². The molecule has 0 aliphatic rings. The van der Waals surface area contributed by atoms with Crippen molar-refractivity contribution < 1.29 is 4.79 Å². The average molecular weight is 408 g/mol. The standard InChI is InChI=1S/C18H21N3O2S3/c1-5-21-17(23)14-10(2)11(3)25-16(14)20-18(21)26-12(4)15(22)19-9-13-7-6-8-24-13/h6-8,12H,5,9H2,1-4H3,(H,19,22). The highest BCUT2D eigenvalue weighted by Crippen LogP contribution is 2.29. The third-order valence-electron chi connectivity index (χ3n) is 4.24. The van der Waals surface area contributed by atoms with Crippen molar-refractivity contribution in [2.24, 2.45) is 0 Å². The first-order valence-electron chi connectivity index (χ1n) is 8.39. The van der Waals surface area contributed by atoms with Crippen molar-refractivity contribution in [1.29, 1.82) is 0 Å². The summed E-state index contributed by atoms with van der Waals surface area (Å²) in [5, 5.41) is 5.91. The van der Waals surface area contributed by atoms with Crippen LogP contribution in [0.3, 0.4) is 0 Å². The minimum Gasteiger partial charge on any atom is -0.350 e. The first-order chi connectivity index (χ1) is 12.4. The zero-order chi connectivity index (χ0) is 18.8. The van der Waals surface area contributed by atoms with Crippen LogP contribution in [0.2, 0.25) is 0 Å². The molecule has 5 nitrogen and oxygen atoms in total. The Morgan fingerprint density at radius 3 is 2.85 bits per heavy atom. The maximum Gasteiger partial charge on any atom is 0.263 e. The molecule has 8 heteroatoms. The number of thiophene rings is 2. The molecule has 0 saturated heterocycles. The van der Waals surface area contributed by atoms with Gasteiger partial charge in [-0.1, -0.05) is 17.8 Å². The first-order valence-corrected chi connectivity index (χ1v) is 11.0. The number of aromatic nitrogens is 2. The fraction of sp³-hybridized carbons (Fsp3) is 0.389. The van der Waals surface area contributed by atoms with E-state index in [0.717, 1.165) is 20.1 Å². The monoisotopic (exact) mass is 407 g/mol. The molecule has 1 N–H and O–H groups in total. The average Bonchev–Trinajstić information content (AvgIpc) is 3.21. The topological polar surface area (TPSA) is 64.0 Å². The number of carbonyl (C=O) groups is 1. The van der Waals surface area contributed by atoms with Crippen LogP contribution < -0.4 is 10.9 Å². The van der Waals surface area contributed by atoms with Crippen LogP contribution >= 0.6 is 34.4 Å². The molecule has 0 fully saturated rings. The number of fused-ring (bicyclic) bond motifs is 1. The van der Waals surface area contributed by atoms with Crippen molar-refractivity contribution in [2.45, 2.75) is 51.2 Å². The number of hydrogen-bond donors (Lipinski definition) is 1. The van der Waals surface area contributed by atoms with Gasteiger partial charge < -0.3 is 5.32 Å². The lowest BCUT2D eigenvalue weighted by Crippen LogP contribution is -2.31. The minimum absolute atomic E-state index is 0.0203. The second kappa shape index (κ2) is 7.94. The Balaban J connectivity index is 1.83. The molecule has 1 unspecified atom stereocenters. The summed E-state index contributed by atoms with van der Waals surface area (Å²) in [5.41, 5.74) is 0.982. The summed E-state index contributed by atoms with van der Waals surface area (Å²) in [7, 11) is 0. The summed E-state index contributed by atoms with van der Waals surface area (Å²) in [4.78, 5) is 32.9. The lowest BCUT2D eigenvalue weighted by molar-refractivity contribution is -0.120. The molecule has 0 bridgehead atoms. The molecule has 3 rings (SSSR count). The Bertz CT molecular complexity index is 989. The molecule has 3 aromatic heterocycles. The number of nitrogens with zero attached hydrogens (tertiary/aromatic N) is 2. The molecule has 0 radical (unpaired) electrons. The molecular formula is C18H21N3O2S3. The van der Waals surface area contributed by atoms with Crippen LogP contribution in [0.1, 0.15) is 29.2 Å². The molecule has 0 spiro atoms. The molecule has 0 saturated carbocycles. The molecule has 0 aliphatic carbocycles. The fourth-order valence-corrected chi connectivity index (χ4v) is 5.33. The summed E-state index contributed by atoms with van der Waals surface area (Å²) in [6.45, 7) is 8.79. The highest BCUT2D eigenvalue weighted by Gasteiger charge is 2.20. The maximum absolute atomic E-state index is 12.9. The Morgan fingerprint density at radius 2 is 2.19 bits per heavy atom. The molecule has 26 heavy (non-hydrogen) atoms. The van der Waals surface area contributed by atoms with Crippen molar-refractivity contribution >= 4 is 50.6 Å². The van der Waals surface area contributed by atoms with E-state index < -0.39 is 0 Å². The van der Waals surface area contributed by atoms with Gasteiger partial charge in [-0.25, -0.2) is 4.98 Å². The predicted octanol–water partition coefficient (Wildman–Crippen LogP) is 3.95. The van der Waals surface area contributed by atoms with Crippen LogP contribution in [-0.2, 0) is 17.9 Å². The highest BCUT2D eigenvalue weighted by atomic mass is 32.2. The Kier molecular flexibility index (Phi) is 5.84. The van der Waals surface area contributed by atoms with Gasteiger partial charge in [0, 0.05) is 16.3 Å². The maximum atomic E-state index is 12.9. The van der Waals surface area contributed by atoms with Crippen molar-refractivity contribution in [1.82, 2.24) is 14.9 Å². The van der Waals surface area contributed by atoms with Crippen LogP contribution in [0.15, 0.2) is 27.5 Å². The zero-order valence-electron chi connectivity index (χ0n) is 15.2. The first kappa shape index (κ1) is 19.1. The van der Waals surface area contributed by atoms with Gasteiger partial charge in [0.05, 0.1) is 17.2 Å². The Morgan fingerprint density at radius 1 is 1.42 bits per heavy atom. The number of thioether (sulfide) groups is 1. The number of rotatable bonds is 6. The number of amides is 1. The molecule has 138 valence electrons. The molecule has 3 heterocycles. The van der Waals surface area contributed by atoms with E-state index in [-0.39, 0.29) is 16.7 Å². The lowest BCUT2D eigenvalue weighted by atomic mass is 10.2. The summed E-state index contributed by atoms with van der Waals surface area (Å²) in [5.74, 6) is -0.0565. The van der Waals surface area contributed by atoms with E-state index in [4.69, 9.17) is 0 Å². The van der Waals surface area contributed by atoms with E-state index >= 15 is 0 Å². The van der Waals surface area contributed by atoms with Crippen LogP contribution in [0, 0.1) is 13.8 Å². The summed E-state index contributed by atoms with van der Waals surface area (Å²) in [6.07, 6.45) is 0. The van der Waals surface area contributed by atoms with Gasteiger partial charge >= 0.3 is 0 Å². The quantitative estimate of drug-likeness (QED) is 0.496. The highest BCUT2D eigenvalue weighted by molar-refractivity contribution is 8.00. The van der Waals surface area contributed by atoms with Gasteiger partial charge in [0.15, 0.2) is 5.16 Å². The van der Waals surface area contributed by atoms with Crippen LogP contribution in [-0.4, -0.2) is 20.7 Å². The predicted molar refractivity (Wildman–Crippen MR) is 111 cm³/mol. The fourth-order valence-electron chi connectivity index (χ4n) is 2.62. The van der Waals surface area contributed by atoms with E-state index in [0.29, 0.717) is 23.6 Å². The Hall–Kier alpha value is -1.64. The Labute approximate surface area is 164 Å². The summed E-state index contributed by atoms with van der Waals surface area (Å²) >= 11 is 4.48. The van der Waals surface area contributed by atoms with Crippen molar-refractivity contribution in [3.63, 3.8) is 0 Å². The zero-order valence-corrected chi connectivity index (χ0v) is 17.6. The molecular weight excluding hydrogens is 386 g/mol. The van der Waals surface area contributed by atoms with Gasteiger partial charge in [-0.15, -0.1) is 22.7 Å². The van der Waals surface area contributed by atoms with Gasteiger partial charge in [-0.3, -0.25) is 14.2 Å². The van der Waals surface area contributed by atoms with Gasteiger partial charge in [0.2, 0.25) is 5.91 Å². The van der Waals surface area contributed by atoms with Gasteiger partial charge in [0.25, 0.3) is 5.56 Å². The van der Waals surface area contributed by atoms with E-state index in [1.807, 2.05) is 45.2 Å². The molecule has 0 aliphatic heterocycles. The van der Waals surface area contributed by atoms with Crippen molar-refractivity contribution in [2.75, 3.05) is 0 Å². The van der Waals surface area contributed by atoms with Gasteiger partial charge in [-0.2, -0.15) is 0 Å². The van der Waals surface area contributed by atoms with Crippen molar-refractivity contribution in [3.8, 4) is 0 Å². The molecule has 0 aromatic carbocycles.